The van der Waals surface area contributed by atoms with Gasteiger partial charge in [0.25, 0.3) is 0 Å². The molecule has 0 radical (unpaired) electrons. The zero-order chi connectivity index (χ0) is 8.10. The highest BCUT2D eigenvalue weighted by molar-refractivity contribution is 6.42. The van der Waals surface area contributed by atoms with Gasteiger partial charge in [0, 0.05) is 0 Å². The fraction of sp³-hybridized carbons (Fsp3) is 0.714. The fourth-order valence-electron chi connectivity index (χ4n) is 1.27. The number of hydrogen-bond donors (Lipinski definition) is 2. The molecule has 1 saturated carbocycles. The molecule has 0 heterocycles. The highest BCUT2D eigenvalue weighted by Crippen LogP contribution is 2.13. The van der Waals surface area contributed by atoms with Crippen LogP contribution in [0.1, 0.15) is 32.1 Å². The van der Waals surface area contributed by atoms with E-state index in [1.165, 1.54) is 0 Å². The Balaban J connectivity index is 2.71. The SMILES string of the molecule is ON=C1CCCCCC1=NO. The second-order valence-corrected chi connectivity index (χ2v) is 2.65. The zero-order valence-corrected chi connectivity index (χ0v) is 6.32. The van der Waals surface area contributed by atoms with Gasteiger partial charge in [0.2, 0.25) is 0 Å². The molecule has 0 aromatic heterocycles. The van der Waals surface area contributed by atoms with E-state index < -0.39 is 0 Å². The van der Waals surface area contributed by atoms with E-state index in [2.05, 4.69) is 10.3 Å². The summed E-state index contributed by atoms with van der Waals surface area (Å²) < 4.78 is 0. The van der Waals surface area contributed by atoms with Crippen molar-refractivity contribution in [3.05, 3.63) is 0 Å². The smallest absolute Gasteiger partial charge is 0.104 e. The Morgan fingerprint density at radius 2 is 1.27 bits per heavy atom. The number of oxime groups is 2. The predicted molar refractivity (Wildman–Crippen MR) is 41.5 cm³/mol. The molecule has 0 bridgehead atoms. The maximum absolute atomic E-state index is 8.51. The lowest BCUT2D eigenvalue weighted by Gasteiger charge is -1.98. The molecule has 0 aromatic rings. The van der Waals surface area contributed by atoms with Crippen LogP contribution in [-0.2, 0) is 0 Å². The summed E-state index contributed by atoms with van der Waals surface area (Å²) in [6.07, 6.45) is 4.57. The van der Waals surface area contributed by atoms with E-state index >= 15 is 0 Å². The number of nitrogens with zero attached hydrogens (tertiary/aromatic N) is 2. The van der Waals surface area contributed by atoms with E-state index in [0.717, 1.165) is 32.1 Å². The summed E-state index contributed by atoms with van der Waals surface area (Å²) in [4.78, 5) is 0. The molecule has 4 nitrogen and oxygen atoms in total. The molecule has 2 N–H and O–H groups in total. The molecule has 0 aliphatic heterocycles. The van der Waals surface area contributed by atoms with Crippen molar-refractivity contribution in [3.63, 3.8) is 0 Å². The van der Waals surface area contributed by atoms with Crippen molar-refractivity contribution < 1.29 is 10.4 Å². The van der Waals surface area contributed by atoms with Gasteiger partial charge in [-0.3, -0.25) is 0 Å². The van der Waals surface area contributed by atoms with Gasteiger partial charge in [-0.2, -0.15) is 0 Å². The van der Waals surface area contributed by atoms with Crippen LogP contribution in [0.5, 0.6) is 0 Å². The van der Waals surface area contributed by atoms with Gasteiger partial charge in [-0.05, 0) is 25.7 Å². The van der Waals surface area contributed by atoms with Crippen molar-refractivity contribution in [2.45, 2.75) is 32.1 Å². The summed E-state index contributed by atoms with van der Waals surface area (Å²) >= 11 is 0. The Bertz CT molecular complexity index is 167. The Morgan fingerprint density at radius 1 is 0.818 bits per heavy atom. The van der Waals surface area contributed by atoms with E-state index in [1.54, 1.807) is 0 Å². The van der Waals surface area contributed by atoms with Crippen LogP contribution in [-0.4, -0.2) is 21.8 Å². The van der Waals surface area contributed by atoms with E-state index in [1.807, 2.05) is 0 Å². The van der Waals surface area contributed by atoms with Crippen LogP contribution in [0.4, 0.5) is 0 Å². The van der Waals surface area contributed by atoms with Crippen molar-refractivity contribution in [3.8, 4) is 0 Å². The second-order valence-electron chi connectivity index (χ2n) is 2.65. The number of rotatable bonds is 0. The summed E-state index contributed by atoms with van der Waals surface area (Å²) in [6.45, 7) is 0. The molecule has 0 atom stereocenters. The van der Waals surface area contributed by atoms with Crippen molar-refractivity contribution in [2.24, 2.45) is 10.3 Å². The Hall–Kier alpha value is -1.06. The second kappa shape index (κ2) is 3.95. The van der Waals surface area contributed by atoms with Crippen molar-refractivity contribution in [1.29, 1.82) is 0 Å². The van der Waals surface area contributed by atoms with Crippen LogP contribution < -0.4 is 0 Å². The van der Waals surface area contributed by atoms with Crippen LogP contribution in [0.15, 0.2) is 10.3 Å². The van der Waals surface area contributed by atoms with E-state index in [0.29, 0.717) is 11.4 Å². The molecule has 0 saturated heterocycles. The first-order valence-corrected chi connectivity index (χ1v) is 3.80. The van der Waals surface area contributed by atoms with E-state index in [-0.39, 0.29) is 0 Å². The highest BCUT2D eigenvalue weighted by atomic mass is 16.4. The quantitative estimate of drug-likeness (QED) is 0.318. The molecule has 4 heteroatoms. The molecule has 0 unspecified atom stereocenters. The molecule has 62 valence electrons. The molecule has 0 amide bonds. The minimum absolute atomic E-state index is 0.532. The van der Waals surface area contributed by atoms with Crippen LogP contribution in [0.3, 0.4) is 0 Å². The van der Waals surface area contributed by atoms with Crippen LogP contribution >= 0.6 is 0 Å². The zero-order valence-electron chi connectivity index (χ0n) is 6.32. The predicted octanol–water partition coefficient (Wildman–Crippen LogP) is 1.61. The third-order valence-electron chi connectivity index (χ3n) is 1.90. The van der Waals surface area contributed by atoms with Crippen molar-refractivity contribution in [2.75, 3.05) is 0 Å². The first-order valence-electron chi connectivity index (χ1n) is 3.80. The lowest BCUT2D eigenvalue weighted by atomic mass is 10.1. The maximum atomic E-state index is 8.51. The summed E-state index contributed by atoms with van der Waals surface area (Å²) in [5, 5.41) is 23.2. The molecule has 11 heavy (non-hydrogen) atoms. The fourth-order valence-corrected chi connectivity index (χ4v) is 1.27. The average Bonchev–Trinajstić information content (AvgIpc) is 2.27. The van der Waals surface area contributed by atoms with Gasteiger partial charge in [0.1, 0.15) is 11.4 Å². The summed E-state index contributed by atoms with van der Waals surface area (Å²) in [6, 6.07) is 0. The molecule has 1 rings (SSSR count). The molecule has 0 aromatic carbocycles. The lowest BCUT2D eigenvalue weighted by molar-refractivity contribution is 0.312. The van der Waals surface area contributed by atoms with Crippen LogP contribution in [0.2, 0.25) is 0 Å². The average molecular weight is 156 g/mol. The summed E-state index contributed by atoms with van der Waals surface area (Å²) in [7, 11) is 0. The van der Waals surface area contributed by atoms with Gasteiger partial charge in [0.05, 0.1) is 0 Å². The first kappa shape index (κ1) is 8.04. The maximum Gasteiger partial charge on any atom is 0.104 e. The first-order chi connectivity index (χ1) is 5.38. The summed E-state index contributed by atoms with van der Waals surface area (Å²) in [5.74, 6) is 0. The Kier molecular flexibility index (Phi) is 2.89. The normalized spacial score (nSPS) is 27.3. The summed E-state index contributed by atoms with van der Waals surface area (Å²) in [5.41, 5.74) is 1.06. The minimum Gasteiger partial charge on any atom is -0.411 e. The molecule has 1 aliphatic carbocycles. The topological polar surface area (TPSA) is 65.2 Å². The molecular formula is C7H12N2O2. The largest absolute Gasteiger partial charge is 0.411 e. The van der Waals surface area contributed by atoms with Crippen molar-refractivity contribution in [1.82, 2.24) is 0 Å². The van der Waals surface area contributed by atoms with Gasteiger partial charge in [0.15, 0.2) is 0 Å². The van der Waals surface area contributed by atoms with Crippen molar-refractivity contribution >= 4 is 11.4 Å². The minimum atomic E-state index is 0.532. The lowest BCUT2D eigenvalue weighted by Crippen LogP contribution is -2.11. The third-order valence-corrected chi connectivity index (χ3v) is 1.90. The molecule has 1 fully saturated rings. The highest BCUT2D eigenvalue weighted by Gasteiger charge is 2.13. The van der Waals surface area contributed by atoms with Gasteiger partial charge in [-0.1, -0.05) is 16.7 Å². The van der Waals surface area contributed by atoms with Gasteiger partial charge >= 0.3 is 0 Å². The molecular weight excluding hydrogens is 144 g/mol. The van der Waals surface area contributed by atoms with E-state index in [9.17, 15) is 0 Å². The van der Waals surface area contributed by atoms with Gasteiger partial charge < -0.3 is 10.4 Å². The van der Waals surface area contributed by atoms with Gasteiger partial charge in [-0.15, -0.1) is 0 Å². The number of hydrogen-bond acceptors (Lipinski definition) is 4. The third kappa shape index (κ3) is 1.93. The van der Waals surface area contributed by atoms with E-state index in [4.69, 9.17) is 10.4 Å². The van der Waals surface area contributed by atoms with Gasteiger partial charge in [-0.25, -0.2) is 0 Å². The Labute approximate surface area is 65.2 Å². The molecule has 0 spiro atoms. The monoisotopic (exact) mass is 156 g/mol. The van der Waals surface area contributed by atoms with Crippen LogP contribution in [0.25, 0.3) is 0 Å². The molecule has 1 aliphatic rings. The standard InChI is InChI=1S/C7H12N2O2/c10-8-6-4-2-1-3-5-7(6)9-11/h10-11H,1-5H2. The Morgan fingerprint density at radius 3 is 1.64 bits per heavy atom. The van der Waals surface area contributed by atoms with Crippen LogP contribution in [0, 0.1) is 0 Å².